The number of aromatic nitrogens is 2. The Bertz CT molecular complexity index is 870. The summed E-state index contributed by atoms with van der Waals surface area (Å²) in [5, 5.41) is 10.8. The van der Waals surface area contributed by atoms with E-state index in [2.05, 4.69) is 15.7 Å². The lowest BCUT2D eigenvalue weighted by Crippen LogP contribution is -2.32. The molecule has 2 fully saturated rings. The molecular formula is C21H28ClN5O2. The minimum Gasteiger partial charge on any atom is -0.339 e. The monoisotopic (exact) mass is 417 g/mol. The van der Waals surface area contributed by atoms with Crippen LogP contribution in [0.25, 0.3) is 0 Å². The minimum atomic E-state index is -0.253. The Morgan fingerprint density at radius 1 is 1.17 bits per heavy atom. The van der Waals surface area contributed by atoms with Crippen molar-refractivity contribution in [3.05, 3.63) is 47.3 Å². The van der Waals surface area contributed by atoms with Gasteiger partial charge in [0.25, 0.3) is 11.8 Å². The van der Waals surface area contributed by atoms with Crippen molar-refractivity contribution in [3.8, 4) is 0 Å². The molecule has 1 atom stereocenters. The fourth-order valence-electron chi connectivity index (χ4n) is 4.00. The third-order valence-electron chi connectivity index (χ3n) is 5.69. The van der Waals surface area contributed by atoms with Gasteiger partial charge in [-0.1, -0.05) is 6.07 Å². The van der Waals surface area contributed by atoms with Gasteiger partial charge in [0.1, 0.15) is 0 Å². The van der Waals surface area contributed by atoms with Gasteiger partial charge in [-0.3, -0.25) is 14.3 Å². The summed E-state index contributed by atoms with van der Waals surface area (Å²) in [6.45, 7) is 5.41. The van der Waals surface area contributed by atoms with Crippen molar-refractivity contribution in [2.75, 3.05) is 31.5 Å². The highest BCUT2D eigenvalue weighted by Gasteiger charge is 2.23. The number of rotatable bonds is 4. The second-order valence-electron chi connectivity index (χ2n) is 7.61. The summed E-state index contributed by atoms with van der Waals surface area (Å²) in [5.41, 5.74) is 2.49. The van der Waals surface area contributed by atoms with Crippen LogP contribution in [0.2, 0.25) is 0 Å². The van der Waals surface area contributed by atoms with Crippen molar-refractivity contribution in [1.29, 1.82) is 0 Å². The molecule has 29 heavy (non-hydrogen) atoms. The van der Waals surface area contributed by atoms with E-state index in [-0.39, 0.29) is 24.2 Å². The summed E-state index contributed by atoms with van der Waals surface area (Å²) in [4.78, 5) is 27.3. The molecule has 7 nitrogen and oxygen atoms in total. The Morgan fingerprint density at radius 2 is 1.97 bits per heavy atom. The van der Waals surface area contributed by atoms with Crippen LogP contribution in [0.1, 0.15) is 58.1 Å². The van der Waals surface area contributed by atoms with Gasteiger partial charge in [-0.05, 0) is 62.9 Å². The topological polar surface area (TPSA) is 79.3 Å². The first-order valence-corrected chi connectivity index (χ1v) is 10.1. The molecule has 0 spiro atoms. The Kier molecular flexibility index (Phi) is 6.92. The highest BCUT2D eigenvalue weighted by molar-refractivity contribution is 6.05. The maximum Gasteiger partial charge on any atom is 0.276 e. The third-order valence-corrected chi connectivity index (χ3v) is 5.69. The van der Waals surface area contributed by atoms with Crippen LogP contribution in [0.15, 0.2) is 30.5 Å². The van der Waals surface area contributed by atoms with Gasteiger partial charge in [-0.15, -0.1) is 12.4 Å². The highest BCUT2D eigenvalue weighted by atomic mass is 35.5. The molecule has 1 aromatic carbocycles. The summed E-state index contributed by atoms with van der Waals surface area (Å²) in [6, 6.07) is 7.52. The van der Waals surface area contributed by atoms with Gasteiger partial charge in [-0.25, -0.2) is 0 Å². The molecule has 156 valence electrons. The smallest absolute Gasteiger partial charge is 0.276 e. The number of nitrogens with zero attached hydrogens (tertiary/aromatic N) is 3. The largest absolute Gasteiger partial charge is 0.339 e. The molecule has 2 saturated heterocycles. The van der Waals surface area contributed by atoms with Gasteiger partial charge in [0.05, 0.1) is 6.04 Å². The zero-order valence-corrected chi connectivity index (χ0v) is 17.5. The SMILES string of the molecule is Cc1c(NC(=O)c2ccn(C3CCCNC3)n2)cccc1C(=O)N1CCCC1.Cl. The van der Waals surface area contributed by atoms with Crippen LogP contribution in [0.5, 0.6) is 0 Å². The molecule has 2 aromatic rings. The minimum absolute atomic E-state index is 0. The lowest BCUT2D eigenvalue weighted by atomic mass is 10.1. The number of benzene rings is 1. The van der Waals surface area contributed by atoms with Crippen molar-refractivity contribution in [2.24, 2.45) is 0 Å². The van der Waals surface area contributed by atoms with E-state index in [1.165, 1.54) is 0 Å². The van der Waals surface area contributed by atoms with Crippen LogP contribution in [-0.2, 0) is 0 Å². The molecule has 0 radical (unpaired) electrons. The lowest BCUT2D eigenvalue weighted by Gasteiger charge is -2.22. The number of anilines is 1. The van der Waals surface area contributed by atoms with E-state index in [9.17, 15) is 9.59 Å². The summed E-state index contributed by atoms with van der Waals surface area (Å²) in [7, 11) is 0. The molecule has 4 rings (SSSR count). The van der Waals surface area contributed by atoms with E-state index in [0.29, 0.717) is 23.0 Å². The van der Waals surface area contributed by atoms with E-state index in [0.717, 1.165) is 57.4 Å². The number of piperidine rings is 1. The van der Waals surface area contributed by atoms with Crippen LogP contribution < -0.4 is 10.6 Å². The molecule has 3 heterocycles. The molecule has 2 aliphatic heterocycles. The van der Waals surface area contributed by atoms with Gasteiger partial charge in [0.15, 0.2) is 5.69 Å². The number of likely N-dealkylation sites (tertiary alicyclic amines) is 1. The van der Waals surface area contributed by atoms with Crippen LogP contribution in [-0.4, -0.2) is 52.7 Å². The molecular weight excluding hydrogens is 390 g/mol. The Hall–Kier alpha value is -2.38. The normalized spacial score (nSPS) is 18.9. The predicted octanol–water partition coefficient (Wildman–Crippen LogP) is 3.03. The van der Waals surface area contributed by atoms with Crippen molar-refractivity contribution < 1.29 is 9.59 Å². The number of hydrogen-bond donors (Lipinski definition) is 2. The van der Waals surface area contributed by atoms with Gasteiger partial charge >= 0.3 is 0 Å². The van der Waals surface area contributed by atoms with E-state index >= 15 is 0 Å². The van der Waals surface area contributed by atoms with Crippen LogP contribution >= 0.6 is 12.4 Å². The predicted molar refractivity (Wildman–Crippen MR) is 115 cm³/mol. The van der Waals surface area contributed by atoms with E-state index in [1.807, 2.05) is 40.9 Å². The Morgan fingerprint density at radius 3 is 2.69 bits per heavy atom. The summed E-state index contributed by atoms with van der Waals surface area (Å²) in [6.07, 6.45) is 6.16. The molecule has 8 heteroatoms. The first-order valence-electron chi connectivity index (χ1n) is 10.1. The first-order chi connectivity index (χ1) is 13.6. The quantitative estimate of drug-likeness (QED) is 0.801. The van der Waals surface area contributed by atoms with Crippen molar-refractivity contribution in [1.82, 2.24) is 20.0 Å². The number of hydrogen-bond acceptors (Lipinski definition) is 4. The summed E-state index contributed by atoms with van der Waals surface area (Å²) >= 11 is 0. The molecule has 0 bridgehead atoms. The molecule has 1 aromatic heterocycles. The summed E-state index contributed by atoms with van der Waals surface area (Å²) < 4.78 is 1.88. The third kappa shape index (κ3) is 4.62. The van der Waals surface area contributed by atoms with Crippen LogP contribution in [0, 0.1) is 6.92 Å². The number of nitrogens with one attached hydrogen (secondary N) is 2. The average Bonchev–Trinajstić information content (AvgIpc) is 3.42. The summed E-state index contributed by atoms with van der Waals surface area (Å²) in [5.74, 6) is -0.212. The molecule has 0 aliphatic carbocycles. The Balaban J connectivity index is 0.00000240. The molecule has 2 aliphatic rings. The fourth-order valence-corrected chi connectivity index (χ4v) is 4.00. The van der Waals surface area contributed by atoms with Crippen molar-refractivity contribution in [3.63, 3.8) is 0 Å². The second-order valence-corrected chi connectivity index (χ2v) is 7.61. The van der Waals surface area contributed by atoms with Gasteiger partial charge < -0.3 is 15.5 Å². The molecule has 2 amide bonds. The maximum atomic E-state index is 12.7. The van der Waals surface area contributed by atoms with Crippen molar-refractivity contribution in [2.45, 2.75) is 38.6 Å². The van der Waals surface area contributed by atoms with E-state index in [1.54, 1.807) is 6.07 Å². The number of halogens is 1. The number of carbonyl (C=O) groups is 2. The van der Waals surface area contributed by atoms with Crippen LogP contribution in [0.4, 0.5) is 5.69 Å². The standard InChI is InChI=1S/C21H27N5O2.ClH/c1-15-17(21(28)25-11-2-3-12-25)7-4-8-18(15)23-20(27)19-9-13-26(24-19)16-6-5-10-22-14-16;/h4,7-9,13,16,22H,2-3,5-6,10-12,14H2,1H3,(H,23,27);1H. The zero-order chi connectivity index (χ0) is 19.5. The number of amides is 2. The van der Waals surface area contributed by atoms with Gasteiger partial charge in [0, 0.05) is 37.1 Å². The lowest BCUT2D eigenvalue weighted by molar-refractivity contribution is 0.0791. The zero-order valence-electron chi connectivity index (χ0n) is 16.7. The van der Waals surface area contributed by atoms with Gasteiger partial charge in [-0.2, -0.15) is 5.10 Å². The molecule has 0 saturated carbocycles. The number of carbonyl (C=O) groups excluding carboxylic acids is 2. The second kappa shape index (κ2) is 9.41. The van der Waals surface area contributed by atoms with E-state index in [4.69, 9.17) is 0 Å². The van der Waals surface area contributed by atoms with Crippen LogP contribution in [0.3, 0.4) is 0 Å². The van der Waals surface area contributed by atoms with E-state index < -0.39 is 0 Å². The fraction of sp³-hybridized carbons (Fsp3) is 0.476. The molecule has 1 unspecified atom stereocenters. The Labute approximate surface area is 177 Å². The van der Waals surface area contributed by atoms with Gasteiger partial charge in [0.2, 0.25) is 0 Å². The van der Waals surface area contributed by atoms with Crippen molar-refractivity contribution >= 4 is 29.9 Å². The first kappa shape index (κ1) is 21.3. The molecule has 2 N–H and O–H groups in total. The maximum absolute atomic E-state index is 12.7. The highest BCUT2D eigenvalue weighted by Crippen LogP contribution is 2.23. The average molecular weight is 418 g/mol.